The summed E-state index contributed by atoms with van der Waals surface area (Å²) in [6.07, 6.45) is 0.768. The summed E-state index contributed by atoms with van der Waals surface area (Å²) in [5.74, 6) is 0. The first kappa shape index (κ1) is 18.0. The van der Waals surface area contributed by atoms with Crippen molar-refractivity contribution in [2.45, 2.75) is 32.6 Å². The topological polar surface area (TPSA) is 0 Å². The zero-order valence-corrected chi connectivity index (χ0v) is 16.3. The molecule has 3 rings (SSSR count). The Morgan fingerprint density at radius 2 is 1.40 bits per heavy atom. The van der Waals surface area contributed by atoms with Gasteiger partial charge in [0.05, 0.1) is 10.0 Å². The van der Waals surface area contributed by atoms with E-state index in [1.54, 1.807) is 0 Å². The van der Waals surface area contributed by atoms with Crippen LogP contribution in [0.1, 0.15) is 37.5 Å². The van der Waals surface area contributed by atoms with Gasteiger partial charge in [-0.05, 0) is 51.8 Å². The minimum Gasteiger partial charge on any atom is -0.0827 e. The summed E-state index contributed by atoms with van der Waals surface area (Å²) in [4.78, 5) is 0. The van der Waals surface area contributed by atoms with Gasteiger partial charge in [-0.25, -0.2) is 0 Å². The summed E-state index contributed by atoms with van der Waals surface area (Å²) in [5.41, 5.74) is 6.01. The molecule has 0 bridgehead atoms. The lowest BCUT2D eigenvalue weighted by Crippen LogP contribution is -2.10. The normalized spacial score (nSPS) is 11.6. The molecule has 3 aromatic rings. The molecule has 25 heavy (non-hydrogen) atoms. The van der Waals surface area contributed by atoms with E-state index in [4.69, 9.17) is 23.2 Å². The van der Waals surface area contributed by atoms with Crippen LogP contribution in [0.25, 0.3) is 11.1 Å². The second-order valence-electron chi connectivity index (χ2n) is 7.42. The Kier molecular flexibility index (Phi) is 5.22. The number of rotatable bonds is 3. The molecule has 0 spiro atoms. The highest BCUT2D eigenvalue weighted by Gasteiger charge is 2.14. The molecule has 0 aliphatic carbocycles. The van der Waals surface area contributed by atoms with Crippen LogP contribution in [-0.4, -0.2) is 0 Å². The molecule has 0 aliphatic heterocycles. The van der Waals surface area contributed by atoms with E-state index < -0.39 is 0 Å². The van der Waals surface area contributed by atoms with Crippen LogP contribution >= 0.6 is 23.2 Å². The van der Waals surface area contributed by atoms with Crippen LogP contribution in [0.4, 0.5) is 0 Å². The Hall–Kier alpha value is -1.76. The van der Waals surface area contributed by atoms with Crippen molar-refractivity contribution in [3.05, 3.63) is 93.5 Å². The van der Waals surface area contributed by atoms with E-state index in [1.165, 1.54) is 11.1 Å². The molecule has 0 nitrogen and oxygen atoms in total. The van der Waals surface area contributed by atoms with Gasteiger partial charge in [0.25, 0.3) is 0 Å². The fraction of sp³-hybridized carbons (Fsp3) is 0.217. The zero-order chi connectivity index (χ0) is 18.0. The molecule has 0 aliphatic rings. The van der Waals surface area contributed by atoms with Crippen LogP contribution in [0, 0.1) is 0 Å². The van der Waals surface area contributed by atoms with E-state index >= 15 is 0 Å². The van der Waals surface area contributed by atoms with Crippen molar-refractivity contribution in [3.8, 4) is 11.1 Å². The van der Waals surface area contributed by atoms with Crippen LogP contribution < -0.4 is 0 Å². The number of benzene rings is 3. The second-order valence-corrected chi connectivity index (χ2v) is 8.21. The van der Waals surface area contributed by atoms with Gasteiger partial charge in [-0.1, -0.05) is 98.6 Å². The van der Waals surface area contributed by atoms with Crippen molar-refractivity contribution in [3.63, 3.8) is 0 Å². The van der Waals surface area contributed by atoms with Gasteiger partial charge in [-0.2, -0.15) is 0 Å². The molecule has 128 valence electrons. The van der Waals surface area contributed by atoms with Crippen LogP contribution in [0.2, 0.25) is 10.0 Å². The molecule has 0 fully saturated rings. The SMILES string of the molecule is CC(C)(C)c1ccc(Cc2cc(-c3ccccc3)cc(Cl)c2Cl)cc1. The van der Waals surface area contributed by atoms with E-state index in [2.05, 4.69) is 63.2 Å². The predicted molar refractivity (Wildman–Crippen MR) is 110 cm³/mol. The molecule has 0 amide bonds. The first-order valence-corrected chi connectivity index (χ1v) is 9.23. The van der Waals surface area contributed by atoms with Crippen LogP contribution in [0.5, 0.6) is 0 Å². The summed E-state index contributed by atoms with van der Waals surface area (Å²) in [7, 11) is 0. The lowest BCUT2D eigenvalue weighted by Gasteiger charge is -2.19. The van der Waals surface area contributed by atoms with Crippen LogP contribution in [-0.2, 0) is 11.8 Å². The average Bonchev–Trinajstić information content (AvgIpc) is 2.59. The second kappa shape index (κ2) is 7.23. The standard InChI is InChI=1S/C23H22Cl2/c1-23(2,3)20-11-9-16(10-12-20)13-19-14-18(15-21(24)22(19)25)17-7-5-4-6-8-17/h4-12,14-15H,13H2,1-3H3. The van der Waals surface area contributed by atoms with Gasteiger partial charge in [0, 0.05) is 0 Å². The lowest BCUT2D eigenvalue weighted by molar-refractivity contribution is 0.590. The van der Waals surface area contributed by atoms with Crippen LogP contribution in [0.15, 0.2) is 66.7 Å². The van der Waals surface area contributed by atoms with E-state index in [0.29, 0.717) is 10.0 Å². The largest absolute Gasteiger partial charge is 0.0827 e. The fourth-order valence-electron chi connectivity index (χ4n) is 2.91. The zero-order valence-electron chi connectivity index (χ0n) is 14.8. The summed E-state index contributed by atoms with van der Waals surface area (Å²) in [5, 5.41) is 1.24. The molecule has 0 N–H and O–H groups in total. The molecule has 0 atom stereocenters. The Morgan fingerprint density at radius 1 is 0.760 bits per heavy atom. The van der Waals surface area contributed by atoms with Gasteiger partial charge in [0.1, 0.15) is 0 Å². The van der Waals surface area contributed by atoms with Gasteiger partial charge >= 0.3 is 0 Å². The molecule has 0 heterocycles. The average molecular weight is 369 g/mol. The monoisotopic (exact) mass is 368 g/mol. The van der Waals surface area contributed by atoms with E-state index in [0.717, 1.165) is 23.1 Å². The smallest absolute Gasteiger partial charge is 0.0628 e. The molecule has 2 heteroatoms. The number of hydrogen-bond donors (Lipinski definition) is 0. The Balaban J connectivity index is 1.93. The van der Waals surface area contributed by atoms with Gasteiger partial charge in [-0.3, -0.25) is 0 Å². The third-order valence-corrected chi connectivity index (χ3v) is 5.27. The van der Waals surface area contributed by atoms with Crippen molar-refractivity contribution < 1.29 is 0 Å². The predicted octanol–water partition coefficient (Wildman–Crippen LogP) is 7.55. The Labute approximate surface area is 160 Å². The molecule has 0 aromatic heterocycles. The molecule has 3 aromatic carbocycles. The molecule has 0 unspecified atom stereocenters. The van der Waals surface area contributed by atoms with Gasteiger partial charge in [0.2, 0.25) is 0 Å². The van der Waals surface area contributed by atoms with E-state index in [9.17, 15) is 0 Å². The fourth-order valence-corrected chi connectivity index (χ4v) is 3.33. The highest BCUT2D eigenvalue weighted by Crippen LogP contribution is 2.33. The van der Waals surface area contributed by atoms with Crippen molar-refractivity contribution in [1.82, 2.24) is 0 Å². The van der Waals surface area contributed by atoms with Gasteiger partial charge in [-0.15, -0.1) is 0 Å². The molecule has 0 radical (unpaired) electrons. The lowest BCUT2D eigenvalue weighted by atomic mass is 9.86. The molecule has 0 saturated carbocycles. The minimum atomic E-state index is 0.159. The molecular weight excluding hydrogens is 347 g/mol. The highest BCUT2D eigenvalue weighted by atomic mass is 35.5. The maximum Gasteiger partial charge on any atom is 0.0628 e. The third-order valence-electron chi connectivity index (χ3n) is 4.43. The summed E-state index contributed by atoms with van der Waals surface area (Å²) in [6, 6.07) is 23.1. The molecule has 0 saturated heterocycles. The Morgan fingerprint density at radius 3 is 2.00 bits per heavy atom. The summed E-state index contributed by atoms with van der Waals surface area (Å²) in [6.45, 7) is 6.67. The first-order valence-electron chi connectivity index (χ1n) is 8.47. The quantitative estimate of drug-likeness (QED) is 0.447. The van der Waals surface area contributed by atoms with E-state index in [1.807, 2.05) is 24.3 Å². The summed E-state index contributed by atoms with van der Waals surface area (Å²) >= 11 is 12.9. The van der Waals surface area contributed by atoms with E-state index in [-0.39, 0.29) is 5.41 Å². The van der Waals surface area contributed by atoms with Gasteiger partial charge < -0.3 is 0 Å². The van der Waals surface area contributed by atoms with Crippen molar-refractivity contribution in [2.24, 2.45) is 0 Å². The number of hydrogen-bond acceptors (Lipinski definition) is 0. The Bertz CT molecular complexity index is 857. The maximum atomic E-state index is 6.47. The third kappa shape index (κ3) is 4.26. The number of halogens is 2. The maximum absolute atomic E-state index is 6.47. The van der Waals surface area contributed by atoms with Crippen molar-refractivity contribution in [1.29, 1.82) is 0 Å². The van der Waals surface area contributed by atoms with Crippen molar-refractivity contribution in [2.75, 3.05) is 0 Å². The summed E-state index contributed by atoms with van der Waals surface area (Å²) < 4.78 is 0. The van der Waals surface area contributed by atoms with Gasteiger partial charge in [0.15, 0.2) is 0 Å². The van der Waals surface area contributed by atoms with Crippen LogP contribution in [0.3, 0.4) is 0 Å². The first-order chi connectivity index (χ1) is 11.8. The van der Waals surface area contributed by atoms with Crippen molar-refractivity contribution >= 4 is 23.2 Å². The highest BCUT2D eigenvalue weighted by molar-refractivity contribution is 6.42. The minimum absolute atomic E-state index is 0.159. The molecular formula is C23H22Cl2.